The number of carboxylic acid groups (broad SMARTS) is 1. The van der Waals surface area contributed by atoms with Gasteiger partial charge in [0.15, 0.2) is 5.65 Å². The quantitative estimate of drug-likeness (QED) is 0.697. The van der Waals surface area contributed by atoms with E-state index in [0.717, 1.165) is 0 Å². The second-order valence-electron chi connectivity index (χ2n) is 3.74. The molecule has 0 saturated carbocycles. The van der Waals surface area contributed by atoms with Crippen molar-refractivity contribution in [2.45, 2.75) is 0 Å². The molecule has 0 amide bonds. The van der Waals surface area contributed by atoms with E-state index >= 15 is 0 Å². The summed E-state index contributed by atoms with van der Waals surface area (Å²) in [6.07, 6.45) is 1.20. The van der Waals surface area contributed by atoms with Crippen LogP contribution in [0.1, 0.15) is 10.4 Å². The van der Waals surface area contributed by atoms with Gasteiger partial charge in [-0.3, -0.25) is 4.79 Å². The molecule has 2 aromatic heterocycles. The maximum Gasteiger partial charge on any atom is 0.341 e. The standard InChI is InChI=1S/C11H6ClN3O3/c12-5-1-2-8-6(3-5)10(16)14-9-7(11(17)18)4-13-15(8)9/h1-4H,(H,14,16)(H,17,18). The number of rotatable bonds is 1. The summed E-state index contributed by atoms with van der Waals surface area (Å²) in [6.45, 7) is 0. The molecular formula is C11H6ClN3O3. The molecule has 0 aliphatic carbocycles. The number of carboxylic acids is 1. The predicted octanol–water partition coefficient (Wildman–Crippen LogP) is 1.53. The van der Waals surface area contributed by atoms with Gasteiger partial charge in [-0.25, -0.2) is 9.31 Å². The molecule has 1 aromatic carbocycles. The number of fused-ring (bicyclic) bond motifs is 3. The van der Waals surface area contributed by atoms with E-state index in [1.165, 1.54) is 16.8 Å². The van der Waals surface area contributed by atoms with Crippen LogP contribution >= 0.6 is 11.6 Å². The minimum absolute atomic E-state index is 0.0519. The Hall–Kier alpha value is -2.34. The zero-order valence-corrected chi connectivity index (χ0v) is 9.60. The molecule has 0 aliphatic rings. The van der Waals surface area contributed by atoms with Gasteiger partial charge in [0.1, 0.15) is 5.56 Å². The van der Waals surface area contributed by atoms with Gasteiger partial charge in [-0.05, 0) is 18.2 Å². The summed E-state index contributed by atoms with van der Waals surface area (Å²) in [5.74, 6) is -1.14. The van der Waals surface area contributed by atoms with Crippen molar-refractivity contribution >= 4 is 34.1 Å². The minimum atomic E-state index is -1.14. The number of hydrogen-bond acceptors (Lipinski definition) is 3. The molecule has 0 atom stereocenters. The van der Waals surface area contributed by atoms with Gasteiger partial charge in [0, 0.05) is 5.02 Å². The van der Waals surface area contributed by atoms with Gasteiger partial charge < -0.3 is 10.1 Å². The highest BCUT2D eigenvalue weighted by molar-refractivity contribution is 6.31. The number of nitrogens with zero attached hydrogens (tertiary/aromatic N) is 2. The summed E-state index contributed by atoms with van der Waals surface area (Å²) in [6, 6.07) is 4.75. The first-order valence-electron chi connectivity index (χ1n) is 5.00. The lowest BCUT2D eigenvalue weighted by Gasteiger charge is -2.01. The molecule has 0 radical (unpaired) electrons. The average Bonchev–Trinajstić information content (AvgIpc) is 2.73. The van der Waals surface area contributed by atoms with Crippen LogP contribution in [0.5, 0.6) is 0 Å². The van der Waals surface area contributed by atoms with Crippen molar-refractivity contribution in [1.82, 2.24) is 14.6 Å². The molecule has 0 bridgehead atoms. The highest BCUT2D eigenvalue weighted by Crippen LogP contribution is 2.18. The second kappa shape index (κ2) is 3.58. The van der Waals surface area contributed by atoms with E-state index in [-0.39, 0.29) is 11.2 Å². The molecule has 3 rings (SSSR count). The predicted molar refractivity (Wildman–Crippen MR) is 65.3 cm³/mol. The Morgan fingerprint density at radius 2 is 2.22 bits per heavy atom. The van der Waals surface area contributed by atoms with E-state index < -0.39 is 11.5 Å². The Bertz CT molecular complexity index is 850. The highest BCUT2D eigenvalue weighted by Gasteiger charge is 2.15. The number of H-pyrrole nitrogens is 1. The molecule has 2 N–H and O–H groups in total. The fourth-order valence-corrected chi connectivity index (χ4v) is 2.03. The van der Waals surface area contributed by atoms with Gasteiger partial charge in [0.2, 0.25) is 0 Å². The number of nitrogens with one attached hydrogen (secondary N) is 1. The molecule has 0 aliphatic heterocycles. The Balaban J connectivity index is 2.56. The topological polar surface area (TPSA) is 87.5 Å². The van der Waals surface area contributed by atoms with Gasteiger partial charge in [-0.15, -0.1) is 0 Å². The Morgan fingerprint density at radius 3 is 2.94 bits per heavy atom. The van der Waals surface area contributed by atoms with Crippen LogP contribution in [0.4, 0.5) is 0 Å². The van der Waals surface area contributed by atoms with Crippen molar-refractivity contribution in [1.29, 1.82) is 0 Å². The van der Waals surface area contributed by atoms with Gasteiger partial charge in [0.25, 0.3) is 5.56 Å². The SMILES string of the molecule is O=C(O)c1cnn2c1[nH]c(=O)c1cc(Cl)ccc12. The number of hydrogen-bond donors (Lipinski definition) is 2. The zero-order chi connectivity index (χ0) is 12.9. The molecule has 3 aromatic rings. The third-order valence-electron chi connectivity index (χ3n) is 2.66. The van der Waals surface area contributed by atoms with E-state index in [1.807, 2.05) is 0 Å². The fourth-order valence-electron chi connectivity index (χ4n) is 1.86. The summed E-state index contributed by atoms with van der Waals surface area (Å²) in [5, 5.41) is 13.7. The zero-order valence-electron chi connectivity index (χ0n) is 8.85. The number of carbonyl (C=O) groups is 1. The first-order valence-corrected chi connectivity index (χ1v) is 5.38. The van der Waals surface area contributed by atoms with Crippen molar-refractivity contribution in [3.05, 3.63) is 45.3 Å². The maximum absolute atomic E-state index is 11.9. The molecule has 2 heterocycles. The fraction of sp³-hybridized carbons (Fsp3) is 0. The van der Waals surface area contributed by atoms with Gasteiger partial charge in [-0.1, -0.05) is 11.6 Å². The molecule has 0 spiro atoms. The average molecular weight is 264 g/mol. The molecule has 18 heavy (non-hydrogen) atoms. The third kappa shape index (κ3) is 1.39. The number of halogens is 1. The Kier molecular flexibility index (Phi) is 2.14. The van der Waals surface area contributed by atoms with Crippen molar-refractivity contribution in [3.8, 4) is 0 Å². The van der Waals surface area contributed by atoms with Crippen molar-refractivity contribution in [3.63, 3.8) is 0 Å². The van der Waals surface area contributed by atoms with E-state index in [4.69, 9.17) is 16.7 Å². The third-order valence-corrected chi connectivity index (χ3v) is 2.90. The largest absolute Gasteiger partial charge is 0.477 e. The molecule has 0 saturated heterocycles. The maximum atomic E-state index is 11.9. The second-order valence-corrected chi connectivity index (χ2v) is 4.18. The van der Waals surface area contributed by atoms with Crippen LogP contribution in [0.3, 0.4) is 0 Å². The van der Waals surface area contributed by atoms with Crippen LogP contribution in [0, 0.1) is 0 Å². The van der Waals surface area contributed by atoms with Crippen LogP contribution in [0.2, 0.25) is 5.02 Å². The molecule has 0 fully saturated rings. The summed E-state index contributed by atoms with van der Waals surface area (Å²) in [5.41, 5.74) is 0.208. The summed E-state index contributed by atoms with van der Waals surface area (Å²) in [7, 11) is 0. The van der Waals surface area contributed by atoms with Crippen LogP contribution in [0.25, 0.3) is 16.6 Å². The minimum Gasteiger partial charge on any atom is -0.477 e. The van der Waals surface area contributed by atoms with E-state index in [0.29, 0.717) is 15.9 Å². The lowest BCUT2D eigenvalue weighted by molar-refractivity contribution is 0.0699. The first kappa shape index (κ1) is 10.8. The molecule has 6 nitrogen and oxygen atoms in total. The lowest BCUT2D eigenvalue weighted by atomic mass is 10.2. The van der Waals surface area contributed by atoms with Gasteiger partial charge in [-0.2, -0.15) is 5.10 Å². The Labute approximate surface area is 104 Å². The molecule has 7 heteroatoms. The van der Waals surface area contributed by atoms with E-state index in [2.05, 4.69) is 10.1 Å². The van der Waals surface area contributed by atoms with Crippen LogP contribution < -0.4 is 5.56 Å². The number of benzene rings is 1. The number of aromatic carboxylic acids is 1. The normalized spacial score (nSPS) is 11.2. The summed E-state index contributed by atoms with van der Waals surface area (Å²) in [4.78, 5) is 25.3. The van der Waals surface area contributed by atoms with Gasteiger partial charge >= 0.3 is 5.97 Å². The summed E-state index contributed by atoms with van der Waals surface area (Å²) >= 11 is 5.82. The van der Waals surface area contributed by atoms with Crippen LogP contribution in [-0.2, 0) is 0 Å². The first-order chi connectivity index (χ1) is 8.58. The smallest absolute Gasteiger partial charge is 0.341 e. The van der Waals surface area contributed by atoms with E-state index in [9.17, 15) is 9.59 Å². The highest BCUT2D eigenvalue weighted by atomic mass is 35.5. The van der Waals surface area contributed by atoms with E-state index in [1.54, 1.807) is 12.1 Å². The van der Waals surface area contributed by atoms with Crippen molar-refractivity contribution in [2.24, 2.45) is 0 Å². The van der Waals surface area contributed by atoms with Gasteiger partial charge in [0.05, 0.1) is 17.1 Å². The lowest BCUT2D eigenvalue weighted by Crippen LogP contribution is -2.11. The number of aromatic amines is 1. The number of aromatic nitrogens is 3. The van der Waals surface area contributed by atoms with Crippen LogP contribution in [-0.4, -0.2) is 25.7 Å². The van der Waals surface area contributed by atoms with Crippen LogP contribution in [0.15, 0.2) is 29.2 Å². The Morgan fingerprint density at radius 1 is 1.44 bits per heavy atom. The molecule has 90 valence electrons. The van der Waals surface area contributed by atoms with Crippen molar-refractivity contribution in [2.75, 3.05) is 0 Å². The monoisotopic (exact) mass is 263 g/mol. The molecule has 0 unspecified atom stereocenters. The molecular weight excluding hydrogens is 258 g/mol. The van der Waals surface area contributed by atoms with Crippen molar-refractivity contribution < 1.29 is 9.90 Å². The summed E-state index contributed by atoms with van der Waals surface area (Å²) < 4.78 is 1.37.